The molecule has 0 amide bonds. The predicted octanol–water partition coefficient (Wildman–Crippen LogP) is 5.60. The lowest BCUT2D eigenvalue weighted by Gasteiger charge is -2.31. The Morgan fingerprint density at radius 1 is 1.09 bits per heavy atom. The van der Waals surface area contributed by atoms with E-state index in [2.05, 4.69) is 33.8 Å². The minimum Gasteiger partial charge on any atom is -0.426 e. The van der Waals surface area contributed by atoms with Gasteiger partial charge in [0.15, 0.2) is 0 Å². The lowest BCUT2D eigenvalue weighted by molar-refractivity contribution is -0.143. The Hall–Kier alpha value is -1.83. The molecule has 0 fully saturated rings. The first-order valence-corrected chi connectivity index (χ1v) is 8.18. The molecule has 0 saturated carbocycles. The lowest BCUT2D eigenvalue weighted by Crippen LogP contribution is -2.33. The number of fused-ring (bicyclic) bond motifs is 1. The van der Waals surface area contributed by atoms with Crippen LogP contribution in [0.5, 0.6) is 5.75 Å². The molecule has 0 spiro atoms. The monoisotopic (exact) mass is 298 g/mol. The van der Waals surface area contributed by atoms with Crippen LogP contribution in [0.4, 0.5) is 0 Å². The van der Waals surface area contributed by atoms with Gasteiger partial charge in [-0.3, -0.25) is 4.79 Å². The zero-order valence-corrected chi connectivity index (χ0v) is 14.1. The summed E-state index contributed by atoms with van der Waals surface area (Å²) in [5.41, 5.74) is -0.0378. The average Bonchev–Trinajstić information content (AvgIpc) is 2.52. The molecular formula is C20H26O2. The van der Waals surface area contributed by atoms with Gasteiger partial charge in [-0.25, -0.2) is 0 Å². The van der Waals surface area contributed by atoms with Crippen LogP contribution in [0, 0.1) is 11.3 Å². The summed E-state index contributed by atoms with van der Waals surface area (Å²) in [7, 11) is 0. The molecule has 0 aromatic heterocycles. The molecule has 0 aliphatic heterocycles. The summed E-state index contributed by atoms with van der Waals surface area (Å²) in [6.45, 7) is 8.54. The summed E-state index contributed by atoms with van der Waals surface area (Å²) in [5, 5.41) is 2.25. The second-order valence-corrected chi connectivity index (χ2v) is 6.61. The number of carbonyl (C=O) groups is 1. The van der Waals surface area contributed by atoms with Gasteiger partial charge in [-0.15, -0.1) is 0 Å². The fraction of sp³-hybridized carbons (Fsp3) is 0.450. The molecule has 2 nitrogen and oxygen atoms in total. The molecule has 0 N–H and O–H groups in total. The number of hydrogen-bond acceptors (Lipinski definition) is 2. The lowest BCUT2D eigenvalue weighted by atomic mass is 9.74. The van der Waals surface area contributed by atoms with Crippen molar-refractivity contribution in [1.82, 2.24) is 0 Å². The van der Waals surface area contributed by atoms with Crippen LogP contribution in [0.15, 0.2) is 42.5 Å². The van der Waals surface area contributed by atoms with Crippen LogP contribution in [0.3, 0.4) is 0 Å². The number of esters is 1. The Balaban J connectivity index is 2.20. The topological polar surface area (TPSA) is 26.3 Å². The number of carbonyl (C=O) groups excluding carboxylic acids is 1. The van der Waals surface area contributed by atoms with E-state index in [4.69, 9.17) is 4.74 Å². The summed E-state index contributed by atoms with van der Waals surface area (Å²) in [6.07, 6.45) is 2.82. The van der Waals surface area contributed by atoms with Crippen LogP contribution < -0.4 is 4.74 Å². The van der Waals surface area contributed by atoms with Gasteiger partial charge in [-0.05, 0) is 34.7 Å². The predicted molar refractivity (Wildman–Crippen MR) is 92.1 cm³/mol. The first-order chi connectivity index (χ1) is 10.5. The van der Waals surface area contributed by atoms with Crippen molar-refractivity contribution in [3.63, 3.8) is 0 Å². The molecule has 0 aliphatic rings. The van der Waals surface area contributed by atoms with E-state index in [0.717, 1.165) is 30.0 Å². The first kappa shape index (κ1) is 16.5. The zero-order chi connectivity index (χ0) is 16.2. The van der Waals surface area contributed by atoms with Gasteiger partial charge in [0.1, 0.15) is 5.75 Å². The van der Waals surface area contributed by atoms with E-state index in [-0.39, 0.29) is 17.3 Å². The third kappa shape index (κ3) is 3.68. The Bertz CT molecular complexity index is 643. The van der Waals surface area contributed by atoms with Crippen molar-refractivity contribution in [2.45, 2.75) is 47.0 Å². The van der Waals surface area contributed by atoms with Crippen LogP contribution in [0.1, 0.15) is 47.0 Å². The van der Waals surface area contributed by atoms with Crippen molar-refractivity contribution in [3.8, 4) is 5.75 Å². The molecule has 1 unspecified atom stereocenters. The molecule has 0 aliphatic carbocycles. The fourth-order valence-electron chi connectivity index (χ4n) is 2.78. The summed E-state index contributed by atoms with van der Waals surface area (Å²) in [6, 6.07) is 13.9. The normalized spacial score (nSPS) is 13.1. The van der Waals surface area contributed by atoms with Crippen molar-refractivity contribution in [3.05, 3.63) is 42.5 Å². The highest BCUT2D eigenvalue weighted by Gasteiger charge is 2.34. The zero-order valence-electron chi connectivity index (χ0n) is 14.1. The van der Waals surface area contributed by atoms with E-state index in [9.17, 15) is 4.79 Å². The number of ether oxygens (including phenoxy) is 1. The first-order valence-electron chi connectivity index (χ1n) is 8.18. The van der Waals surface area contributed by atoms with Crippen LogP contribution >= 0.6 is 0 Å². The molecule has 0 saturated heterocycles. The highest BCUT2D eigenvalue weighted by Crippen LogP contribution is 2.35. The molecule has 2 aromatic carbocycles. The maximum Gasteiger partial charge on any atom is 0.314 e. The van der Waals surface area contributed by atoms with E-state index in [1.54, 1.807) is 0 Å². The van der Waals surface area contributed by atoms with E-state index in [1.807, 2.05) is 36.4 Å². The van der Waals surface area contributed by atoms with Crippen molar-refractivity contribution >= 4 is 16.7 Å². The molecule has 0 radical (unpaired) electrons. The van der Waals surface area contributed by atoms with E-state index >= 15 is 0 Å². The van der Waals surface area contributed by atoms with Crippen LogP contribution in [0.25, 0.3) is 10.8 Å². The quantitative estimate of drug-likeness (QED) is 0.512. The van der Waals surface area contributed by atoms with E-state index in [1.165, 1.54) is 0 Å². The van der Waals surface area contributed by atoms with Gasteiger partial charge in [0.05, 0.1) is 5.92 Å². The molecular weight excluding hydrogens is 272 g/mol. The van der Waals surface area contributed by atoms with Gasteiger partial charge < -0.3 is 4.74 Å². The maximum absolute atomic E-state index is 12.6. The SMILES string of the molecule is CCCC(C(=O)Oc1ccc2ccccc2c1)C(C)(C)CC. The minimum atomic E-state index is -0.107. The molecule has 2 aromatic rings. The second kappa shape index (κ2) is 6.95. The van der Waals surface area contributed by atoms with Crippen LogP contribution in [0.2, 0.25) is 0 Å². The van der Waals surface area contributed by atoms with E-state index < -0.39 is 0 Å². The van der Waals surface area contributed by atoms with Crippen molar-refractivity contribution < 1.29 is 9.53 Å². The minimum absolute atomic E-state index is 0.0378. The number of benzene rings is 2. The van der Waals surface area contributed by atoms with E-state index in [0.29, 0.717) is 5.75 Å². The molecule has 118 valence electrons. The summed E-state index contributed by atoms with van der Waals surface area (Å²) < 4.78 is 5.69. The third-order valence-electron chi connectivity index (χ3n) is 4.66. The molecule has 2 rings (SSSR count). The third-order valence-corrected chi connectivity index (χ3v) is 4.66. The summed E-state index contributed by atoms with van der Waals surface area (Å²) >= 11 is 0. The van der Waals surface area contributed by atoms with Gasteiger partial charge in [0, 0.05) is 0 Å². The Kier molecular flexibility index (Phi) is 5.23. The van der Waals surface area contributed by atoms with Gasteiger partial charge >= 0.3 is 5.97 Å². The van der Waals surface area contributed by atoms with Crippen LogP contribution in [-0.2, 0) is 4.79 Å². The Labute approximate surface area is 133 Å². The highest BCUT2D eigenvalue weighted by molar-refractivity contribution is 5.85. The van der Waals surface area contributed by atoms with Crippen molar-refractivity contribution in [1.29, 1.82) is 0 Å². The largest absolute Gasteiger partial charge is 0.426 e. The number of hydrogen-bond donors (Lipinski definition) is 0. The smallest absolute Gasteiger partial charge is 0.314 e. The average molecular weight is 298 g/mol. The van der Waals surface area contributed by atoms with Gasteiger partial charge in [0.2, 0.25) is 0 Å². The molecule has 1 atom stereocenters. The number of rotatable bonds is 6. The standard InChI is InChI=1S/C20H26O2/c1-5-9-18(20(3,4)6-2)19(21)22-17-13-12-15-10-7-8-11-16(15)14-17/h7-8,10-14,18H,5-6,9H2,1-4H3. The van der Waals surface area contributed by atoms with Crippen molar-refractivity contribution in [2.24, 2.45) is 11.3 Å². The van der Waals surface area contributed by atoms with Gasteiger partial charge in [-0.1, -0.05) is 70.9 Å². The molecule has 22 heavy (non-hydrogen) atoms. The highest BCUT2D eigenvalue weighted by atomic mass is 16.5. The van der Waals surface area contributed by atoms with Gasteiger partial charge in [-0.2, -0.15) is 0 Å². The maximum atomic E-state index is 12.6. The fourth-order valence-corrected chi connectivity index (χ4v) is 2.78. The Morgan fingerprint density at radius 2 is 1.77 bits per heavy atom. The molecule has 0 heterocycles. The summed E-state index contributed by atoms with van der Waals surface area (Å²) in [4.78, 5) is 12.6. The van der Waals surface area contributed by atoms with Crippen LogP contribution in [-0.4, -0.2) is 5.97 Å². The van der Waals surface area contributed by atoms with Gasteiger partial charge in [0.25, 0.3) is 0 Å². The second-order valence-electron chi connectivity index (χ2n) is 6.61. The Morgan fingerprint density at radius 3 is 2.41 bits per heavy atom. The molecule has 2 heteroatoms. The molecule has 0 bridgehead atoms. The summed E-state index contributed by atoms with van der Waals surface area (Å²) in [5.74, 6) is 0.467. The van der Waals surface area contributed by atoms with Crippen molar-refractivity contribution in [2.75, 3.05) is 0 Å².